The van der Waals surface area contributed by atoms with Crippen LogP contribution < -0.4 is 10.6 Å². The van der Waals surface area contributed by atoms with E-state index in [9.17, 15) is 9.59 Å². The van der Waals surface area contributed by atoms with Crippen molar-refractivity contribution in [3.8, 4) is 22.5 Å². The Morgan fingerprint density at radius 3 is 1.33 bits per heavy atom. The Hall–Kier alpha value is -6.21. The van der Waals surface area contributed by atoms with Gasteiger partial charge in [-0.15, -0.1) is 0 Å². The van der Waals surface area contributed by atoms with Crippen LogP contribution in [0.5, 0.6) is 0 Å². The lowest BCUT2D eigenvalue weighted by molar-refractivity contribution is 0.102. The highest BCUT2D eigenvalue weighted by molar-refractivity contribution is 6.14. The van der Waals surface area contributed by atoms with E-state index in [1.165, 1.54) is 11.1 Å². The molecule has 0 aliphatic rings. The first-order chi connectivity index (χ1) is 23.5. The van der Waals surface area contributed by atoms with Crippen molar-refractivity contribution in [2.24, 2.45) is 0 Å². The molecule has 3 aromatic heterocycles. The number of aromatic nitrogens is 3. The van der Waals surface area contributed by atoms with Crippen LogP contribution in [0.3, 0.4) is 0 Å². The molecule has 7 nitrogen and oxygen atoms in total. The third-order valence-corrected chi connectivity index (χ3v) is 8.47. The quantitative estimate of drug-likeness (QED) is 0.175. The molecule has 3 heterocycles. The van der Waals surface area contributed by atoms with Gasteiger partial charge in [0, 0.05) is 21.9 Å². The molecule has 48 heavy (non-hydrogen) atoms. The number of benzene rings is 4. The van der Waals surface area contributed by atoms with Crippen molar-refractivity contribution in [3.63, 3.8) is 0 Å². The maximum atomic E-state index is 13.8. The molecule has 4 aromatic carbocycles. The third kappa shape index (κ3) is 6.26. The second-order valence-corrected chi connectivity index (χ2v) is 11.6. The fraction of sp³-hybridized carbons (Fsp3) is 0.0976. The number of amides is 2. The van der Waals surface area contributed by atoms with Crippen molar-refractivity contribution >= 4 is 45.3 Å². The summed E-state index contributed by atoms with van der Waals surface area (Å²) in [6.45, 7) is 4.23. The van der Waals surface area contributed by atoms with Crippen LogP contribution in [0, 0.1) is 0 Å². The van der Waals surface area contributed by atoms with E-state index in [0.717, 1.165) is 45.8 Å². The second-order valence-electron chi connectivity index (χ2n) is 11.6. The number of fused-ring (bicyclic) bond motifs is 2. The number of nitrogens with one attached hydrogen (secondary N) is 2. The molecule has 2 amide bonds. The zero-order valence-electron chi connectivity index (χ0n) is 26.7. The summed E-state index contributed by atoms with van der Waals surface area (Å²) >= 11 is 0. The summed E-state index contributed by atoms with van der Waals surface area (Å²) in [6.07, 6.45) is 1.89. The average molecular weight is 628 g/mol. The molecule has 0 saturated carbocycles. The van der Waals surface area contributed by atoms with Crippen LogP contribution >= 0.6 is 0 Å². The van der Waals surface area contributed by atoms with E-state index in [1.807, 2.05) is 84.9 Å². The Labute approximate surface area is 278 Å². The SMILES string of the molecule is CCc1ccc(-c2cc(C(=O)Nc3cccc(NC(=O)c4cc(-c5ccc(CC)cc5)nc5ccccc45)n3)c3ccccc3n2)cc1. The minimum absolute atomic E-state index is 0.309. The molecule has 7 aromatic rings. The molecule has 2 N–H and O–H groups in total. The van der Waals surface area contributed by atoms with E-state index < -0.39 is 0 Å². The van der Waals surface area contributed by atoms with Gasteiger partial charge in [0.2, 0.25) is 0 Å². The Kier molecular flexibility index (Phi) is 8.41. The van der Waals surface area contributed by atoms with Crippen molar-refractivity contribution in [3.05, 3.63) is 150 Å². The van der Waals surface area contributed by atoms with Gasteiger partial charge in [-0.3, -0.25) is 9.59 Å². The highest BCUT2D eigenvalue weighted by Gasteiger charge is 2.17. The minimum atomic E-state index is -0.324. The first-order valence-electron chi connectivity index (χ1n) is 16.1. The molecule has 0 bridgehead atoms. The Bertz CT molecular complexity index is 2140. The molecule has 0 saturated heterocycles. The first-order valence-corrected chi connectivity index (χ1v) is 16.1. The standard InChI is InChI=1S/C41H33N5O2/c1-3-26-16-20-28(21-17-26)36-24-32(30-10-5-7-12-34(30)42-36)40(47)45-38-14-9-15-39(44-38)46-41(48)33-25-37(29-22-18-27(4-2)19-23-29)43-35-13-8-6-11-31(33)35/h5-25H,3-4H2,1-2H3,(H2,44,45,46,47,48). The number of para-hydroxylation sites is 2. The number of aryl methyl sites for hydroxylation is 2. The topological polar surface area (TPSA) is 96.9 Å². The van der Waals surface area contributed by atoms with E-state index in [-0.39, 0.29) is 11.8 Å². The van der Waals surface area contributed by atoms with E-state index in [1.54, 1.807) is 18.2 Å². The van der Waals surface area contributed by atoms with E-state index in [4.69, 9.17) is 9.97 Å². The van der Waals surface area contributed by atoms with E-state index >= 15 is 0 Å². The number of hydrogen-bond acceptors (Lipinski definition) is 5. The van der Waals surface area contributed by atoms with Crippen LogP contribution in [0.1, 0.15) is 45.7 Å². The summed E-state index contributed by atoms with van der Waals surface area (Å²) in [5.41, 5.74) is 8.14. The van der Waals surface area contributed by atoms with Crippen molar-refractivity contribution in [2.45, 2.75) is 26.7 Å². The summed E-state index contributed by atoms with van der Waals surface area (Å²) in [5.74, 6) is -0.0302. The number of nitrogens with zero attached hydrogens (tertiary/aromatic N) is 3. The van der Waals surface area contributed by atoms with Crippen molar-refractivity contribution < 1.29 is 9.59 Å². The van der Waals surface area contributed by atoms with Gasteiger partial charge < -0.3 is 10.6 Å². The summed E-state index contributed by atoms with van der Waals surface area (Å²) < 4.78 is 0. The number of carbonyl (C=O) groups is 2. The number of anilines is 2. The second kappa shape index (κ2) is 13.3. The highest BCUT2D eigenvalue weighted by Crippen LogP contribution is 2.28. The van der Waals surface area contributed by atoms with Gasteiger partial charge in [-0.2, -0.15) is 0 Å². The Morgan fingerprint density at radius 2 is 0.917 bits per heavy atom. The normalized spacial score (nSPS) is 11.0. The molecular formula is C41H33N5O2. The smallest absolute Gasteiger partial charge is 0.257 e. The van der Waals surface area contributed by atoms with Crippen LogP contribution in [0.15, 0.2) is 127 Å². The molecular weight excluding hydrogens is 594 g/mol. The lowest BCUT2D eigenvalue weighted by atomic mass is 10.0. The van der Waals surface area contributed by atoms with Crippen molar-refractivity contribution in [1.82, 2.24) is 15.0 Å². The largest absolute Gasteiger partial charge is 0.306 e. The zero-order chi connectivity index (χ0) is 33.0. The lowest BCUT2D eigenvalue weighted by Gasteiger charge is -2.12. The summed E-state index contributed by atoms with van der Waals surface area (Å²) in [7, 11) is 0. The summed E-state index contributed by atoms with van der Waals surface area (Å²) in [4.78, 5) is 41.7. The number of hydrogen-bond donors (Lipinski definition) is 2. The van der Waals surface area contributed by atoms with Crippen LogP contribution in [0.2, 0.25) is 0 Å². The number of carbonyl (C=O) groups excluding carboxylic acids is 2. The highest BCUT2D eigenvalue weighted by atomic mass is 16.2. The van der Waals surface area contributed by atoms with Gasteiger partial charge in [-0.25, -0.2) is 15.0 Å². The fourth-order valence-electron chi connectivity index (χ4n) is 5.79. The van der Waals surface area contributed by atoms with Gasteiger partial charge in [-0.05, 0) is 60.4 Å². The number of pyridine rings is 3. The van der Waals surface area contributed by atoms with Gasteiger partial charge in [0.15, 0.2) is 0 Å². The van der Waals surface area contributed by atoms with Gasteiger partial charge in [0.25, 0.3) is 11.8 Å². The van der Waals surface area contributed by atoms with Gasteiger partial charge in [-0.1, -0.05) is 105 Å². The van der Waals surface area contributed by atoms with Crippen LogP contribution in [-0.2, 0) is 12.8 Å². The number of rotatable bonds is 8. The molecule has 0 aliphatic heterocycles. The van der Waals surface area contributed by atoms with Crippen LogP contribution in [0.25, 0.3) is 44.3 Å². The monoisotopic (exact) mass is 627 g/mol. The Balaban J connectivity index is 1.16. The zero-order valence-corrected chi connectivity index (χ0v) is 26.7. The molecule has 7 heteroatoms. The fourth-order valence-corrected chi connectivity index (χ4v) is 5.79. The van der Waals surface area contributed by atoms with Gasteiger partial charge >= 0.3 is 0 Å². The molecule has 0 radical (unpaired) electrons. The summed E-state index contributed by atoms with van der Waals surface area (Å²) in [5, 5.41) is 7.33. The maximum absolute atomic E-state index is 13.8. The van der Waals surface area contributed by atoms with Gasteiger partial charge in [0.1, 0.15) is 11.6 Å². The molecule has 0 atom stereocenters. The predicted octanol–water partition coefficient (Wildman–Crippen LogP) is 9.14. The lowest BCUT2D eigenvalue weighted by Crippen LogP contribution is -2.17. The molecule has 0 fully saturated rings. The Morgan fingerprint density at radius 1 is 0.500 bits per heavy atom. The maximum Gasteiger partial charge on any atom is 0.257 e. The van der Waals surface area contributed by atoms with Crippen LogP contribution in [0.4, 0.5) is 11.6 Å². The molecule has 0 spiro atoms. The molecule has 0 unspecified atom stereocenters. The van der Waals surface area contributed by atoms with Crippen LogP contribution in [-0.4, -0.2) is 26.8 Å². The average Bonchev–Trinajstić information content (AvgIpc) is 3.14. The molecule has 234 valence electrons. The predicted molar refractivity (Wildman–Crippen MR) is 193 cm³/mol. The minimum Gasteiger partial charge on any atom is -0.306 e. The van der Waals surface area contributed by atoms with Gasteiger partial charge in [0.05, 0.1) is 33.5 Å². The van der Waals surface area contributed by atoms with Crippen molar-refractivity contribution in [2.75, 3.05) is 10.6 Å². The third-order valence-electron chi connectivity index (χ3n) is 8.47. The van der Waals surface area contributed by atoms with Crippen molar-refractivity contribution in [1.29, 1.82) is 0 Å². The summed E-state index contributed by atoms with van der Waals surface area (Å²) in [6, 6.07) is 40.4. The van der Waals surface area contributed by atoms with E-state index in [0.29, 0.717) is 34.2 Å². The van der Waals surface area contributed by atoms with E-state index in [2.05, 4.69) is 53.7 Å². The first kappa shape index (κ1) is 30.4. The molecule has 0 aliphatic carbocycles. The molecule has 7 rings (SSSR count).